The van der Waals surface area contributed by atoms with Gasteiger partial charge >= 0.3 is 11.8 Å². The Kier molecular flexibility index (Phi) is 5.98. The molecule has 8 nitrogen and oxygen atoms in total. The quantitative estimate of drug-likeness (QED) is 0.677. The standard InChI is InChI=1S/C18H24N6O2/c1-23-9-11-24(12-10-23)15(14-5-3-2-4-6-14)13-19-17(25)18(26)21-16-7-8-20-22-16/h2-8,15H,9-13H2,1H3,(H,19,25)(H2,20,21,22,26)/t15-/m1/s1. The Morgan fingerprint density at radius 1 is 1.12 bits per heavy atom. The van der Waals surface area contributed by atoms with Crippen molar-refractivity contribution in [2.45, 2.75) is 6.04 Å². The number of amides is 2. The molecule has 2 aromatic rings. The molecule has 2 heterocycles. The van der Waals surface area contributed by atoms with E-state index in [1.54, 1.807) is 6.07 Å². The van der Waals surface area contributed by atoms with E-state index < -0.39 is 11.8 Å². The molecule has 8 heteroatoms. The molecule has 0 unspecified atom stereocenters. The lowest BCUT2D eigenvalue weighted by atomic mass is 10.0. The number of piperazine rings is 1. The predicted molar refractivity (Wildman–Crippen MR) is 98.5 cm³/mol. The minimum absolute atomic E-state index is 0.0359. The zero-order valence-electron chi connectivity index (χ0n) is 14.8. The third-order valence-electron chi connectivity index (χ3n) is 4.57. The fraction of sp³-hybridized carbons (Fsp3) is 0.389. The largest absolute Gasteiger partial charge is 0.346 e. The summed E-state index contributed by atoms with van der Waals surface area (Å²) in [5.74, 6) is -0.974. The topological polar surface area (TPSA) is 93.4 Å². The van der Waals surface area contributed by atoms with E-state index in [-0.39, 0.29) is 6.04 Å². The molecule has 0 saturated carbocycles. The van der Waals surface area contributed by atoms with Crippen molar-refractivity contribution in [2.75, 3.05) is 45.1 Å². The predicted octanol–water partition coefficient (Wildman–Crippen LogP) is 0.453. The van der Waals surface area contributed by atoms with Crippen LogP contribution in [0.25, 0.3) is 0 Å². The maximum Gasteiger partial charge on any atom is 0.314 e. The zero-order valence-corrected chi connectivity index (χ0v) is 14.8. The number of carbonyl (C=O) groups excluding carboxylic acids is 2. The lowest BCUT2D eigenvalue weighted by Crippen LogP contribution is -2.49. The van der Waals surface area contributed by atoms with Gasteiger partial charge in [0.15, 0.2) is 0 Å². The highest BCUT2D eigenvalue weighted by Crippen LogP contribution is 2.21. The third-order valence-corrected chi connectivity index (χ3v) is 4.57. The van der Waals surface area contributed by atoms with Crippen molar-refractivity contribution in [2.24, 2.45) is 0 Å². The first-order valence-corrected chi connectivity index (χ1v) is 8.69. The van der Waals surface area contributed by atoms with Crippen molar-refractivity contribution in [1.82, 2.24) is 25.3 Å². The maximum absolute atomic E-state index is 12.2. The molecule has 0 aliphatic carbocycles. The van der Waals surface area contributed by atoms with Crippen molar-refractivity contribution in [3.05, 3.63) is 48.2 Å². The van der Waals surface area contributed by atoms with Gasteiger partial charge in [-0.2, -0.15) is 5.10 Å². The van der Waals surface area contributed by atoms with E-state index in [1.807, 2.05) is 18.2 Å². The van der Waals surface area contributed by atoms with Gasteiger partial charge < -0.3 is 15.5 Å². The summed E-state index contributed by atoms with van der Waals surface area (Å²) in [5.41, 5.74) is 1.13. The molecular weight excluding hydrogens is 332 g/mol. The highest BCUT2D eigenvalue weighted by molar-refractivity contribution is 6.39. The lowest BCUT2D eigenvalue weighted by molar-refractivity contribution is -0.136. The van der Waals surface area contributed by atoms with Crippen molar-refractivity contribution in [3.8, 4) is 0 Å². The average Bonchev–Trinajstić information content (AvgIpc) is 3.17. The monoisotopic (exact) mass is 356 g/mol. The molecule has 1 aliphatic rings. The summed E-state index contributed by atoms with van der Waals surface area (Å²) in [6.45, 7) is 4.19. The summed E-state index contributed by atoms with van der Waals surface area (Å²) in [5, 5.41) is 11.6. The van der Waals surface area contributed by atoms with Crippen LogP contribution >= 0.6 is 0 Å². The summed E-state index contributed by atoms with van der Waals surface area (Å²) in [6, 6.07) is 11.7. The number of likely N-dealkylation sites (N-methyl/N-ethyl adjacent to an activating group) is 1. The van der Waals surface area contributed by atoms with Crippen LogP contribution in [-0.4, -0.2) is 71.6 Å². The van der Waals surface area contributed by atoms with Gasteiger partial charge in [0.1, 0.15) is 5.82 Å². The molecule has 2 amide bonds. The van der Waals surface area contributed by atoms with E-state index in [2.05, 4.69) is 49.8 Å². The van der Waals surface area contributed by atoms with E-state index in [0.717, 1.165) is 31.7 Å². The minimum atomic E-state index is -0.709. The summed E-state index contributed by atoms with van der Waals surface area (Å²) < 4.78 is 0. The number of rotatable bonds is 5. The molecule has 3 N–H and O–H groups in total. The molecule has 26 heavy (non-hydrogen) atoms. The molecular formula is C18H24N6O2. The lowest BCUT2D eigenvalue weighted by Gasteiger charge is -2.38. The van der Waals surface area contributed by atoms with Crippen LogP contribution in [0.4, 0.5) is 5.82 Å². The Balaban J connectivity index is 1.62. The fourth-order valence-corrected chi connectivity index (χ4v) is 3.04. The van der Waals surface area contributed by atoms with Crippen LogP contribution in [0, 0.1) is 0 Å². The van der Waals surface area contributed by atoms with Crippen LogP contribution in [0.3, 0.4) is 0 Å². The van der Waals surface area contributed by atoms with Crippen LogP contribution in [0.2, 0.25) is 0 Å². The molecule has 3 rings (SSSR count). The number of carbonyl (C=O) groups is 2. The molecule has 1 aromatic heterocycles. The Morgan fingerprint density at radius 2 is 1.85 bits per heavy atom. The molecule has 1 saturated heterocycles. The number of nitrogens with zero attached hydrogens (tertiary/aromatic N) is 3. The molecule has 1 aliphatic heterocycles. The first-order chi connectivity index (χ1) is 12.6. The number of benzene rings is 1. The number of aromatic amines is 1. The van der Waals surface area contributed by atoms with Crippen LogP contribution in [0.1, 0.15) is 11.6 Å². The second-order valence-corrected chi connectivity index (χ2v) is 6.40. The Labute approximate surface area is 152 Å². The van der Waals surface area contributed by atoms with Gasteiger partial charge in [-0.3, -0.25) is 19.6 Å². The number of anilines is 1. The Bertz CT molecular complexity index is 711. The van der Waals surface area contributed by atoms with E-state index in [4.69, 9.17) is 0 Å². The summed E-state index contributed by atoms with van der Waals surface area (Å²) >= 11 is 0. The fourth-order valence-electron chi connectivity index (χ4n) is 3.04. The summed E-state index contributed by atoms with van der Waals surface area (Å²) in [4.78, 5) is 28.8. The van der Waals surface area contributed by atoms with E-state index >= 15 is 0 Å². The number of nitrogens with one attached hydrogen (secondary N) is 3. The number of aromatic nitrogens is 2. The van der Waals surface area contributed by atoms with Crippen molar-refractivity contribution >= 4 is 17.6 Å². The normalized spacial score (nSPS) is 16.8. The van der Waals surface area contributed by atoms with Crippen molar-refractivity contribution in [1.29, 1.82) is 0 Å². The molecule has 0 radical (unpaired) electrons. The highest BCUT2D eigenvalue weighted by atomic mass is 16.2. The van der Waals surface area contributed by atoms with E-state index in [9.17, 15) is 9.59 Å². The van der Waals surface area contributed by atoms with Crippen molar-refractivity contribution in [3.63, 3.8) is 0 Å². The third kappa shape index (κ3) is 4.68. The Morgan fingerprint density at radius 3 is 2.50 bits per heavy atom. The second-order valence-electron chi connectivity index (χ2n) is 6.40. The number of hydrogen-bond acceptors (Lipinski definition) is 5. The number of H-pyrrole nitrogens is 1. The zero-order chi connectivity index (χ0) is 18.4. The van der Waals surface area contributed by atoms with E-state index in [1.165, 1.54) is 6.20 Å². The van der Waals surface area contributed by atoms with Crippen LogP contribution < -0.4 is 10.6 Å². The van der Waals surface area contributed by atoms with Crippen LogP contribution in [0.15, 0.2) is 42.6 Å². The van der Waals surface area contributed by atoms with Crippen molar-refractivity contribution < 1.29 is 9.59 Å². The number of hydrogen-bond donors (Lipinski definition) is 3. The first kappa shape index (κ1) is 18.1. The van der Waals surface area contributed by atoms with Gasteiger partial charge in [0, 0.05) is 38.8 Å². The smallest absolute Gasteiger partial charge is 0.314 e. The van der Waals surface area contributed by atoms with Gasteiger partial charge in [-0.25, -0.2) is 0 Å². The van der Waals surface area contributed by atoms with Gasteiger partial charge in [-0.05, 0) is 12.6 Å². The van der Waals surface area contributed by atoms with Gasteiger partial charge in [0.2, 0.25) is 0 Å². The molecule has 0 bridgehead atoms. The van der Waals surface area contributed by atoms with Gasteiger partial charge in [0.25, 0.3) is 0 Å². The summed E-state index contributed by atoms with van der Waals surface area (Å²) in [6.07, 6.45) is 1.51. The minimum Gasteiger partial charge on any atom is -0.346 e. The average molecular weight is 356 g/mol. The first-order valence-electron chi connectivity index (χ1n) is 8.69. The molecule has 1 aromatic carbocycles. The molecule has 0 spiro atoms. The molecule has 1 fully saturated rings. The van der Waals surface area contributed by atoms with Gasteiger partial charge in [0.05, 0.1) is 12.2 Å². The maximum atomic E-state index is 12.2. The molecule has 1 atom stereocenters. The van der Waals surface area contributed by atoms with E-state index in [0.29, 0.717) is 12.4 Å². The van der Waals surface area contributed by atoms with Gasteiger partial charge in [-0.15, -0.1) is 0 Å². The van der Waals surface area contributed by atoms with Gasteiger partial charge in [-0.1, -0.05) is 30.3 Å². The molecule has 138 valence electrons. The van der Waals surface area contributed by atoms with Crippen LogP contribution in [-0.2, 0) is 9.59 Å². The Hall–Kier alpha value is -2.71. The summed E-state index contributed by atoms with van der Waals surface area (Å²) in [7, 11) is 2.11. The SMILES string of the molecule is CN1CCN([C@H](CNC(=O)C(=O)Nc2ccn[nH]2)c2ccccc2)CC1. The second kappa shape index (κ2) is 8.59. The van der Waals surface area contributed by atoms with Crippen LogP contribution in [0.5, 0.6) is 0 Å². The highest BCUT2D eigenvalue weighted by Gasteiger charge is 2.25.